The Morgan fingerprint density at radius 1 is 1.00 bits per heavy atom. The van der Waals surface area contributed by atoms with E-state index in [1.165, 1.54) is 5.56 Å². The molecule has 1 heterocycles. The molecule has 0 spiro atoms. The van der Waals surface area contributed by atoms with Crippen LogP contribution in [0.4, 0.5) is 13.2 Å². The number of benzene rings is 1. The normalized spacial score (nSPS) is 23.3. The van der Waals surface area contributed by atoms with E-state index >= 15 is 0 Å². The molecule has 0 radical (unpaired) electrons. The molecule has 3 rings (SSSR count). The fraction of sp³-hybridized carbons (Fsp3) is 0.600. The van der Waals surface area contributed by atoms with Crippen LogP contribution < -0.4 is 5.32 Å². The monoisotopic (exact) mass is 270 g/mol. The van der Waals surface area contributed by atoms with Crippen LogP contribution in [0.1, 0.15) is 42.7 Å². The molecule has 1 aliphatic carbocycles. The highest BCUT2D eigenvalue weighted by Crippen LogP contribution is 2.58. The second-order valence-electron chi connectivity index (χ2n) is 5.84. The number of piperidine rings is 1. The second-order valence-corrected chi connectivity index (χ2v) is 5.84. The first-order valence-electron chi connectivity index (χ1n) is 7.02. The highest BCUT2D eigenvalue weighted by atomic mass is 19.4. The van der Waals surface area contributed by atoms with Gasteiger partial charge in [-0.3, -0.25) is 0 Å². The average molecular weight is 270 g/mol. The molecule has 2 fully saturated rings. The van der Waals surface area contributed by atoms with Gasteiger partial charge in [0.15, 0.2) is 0 Å². The highest BCUT2D eigenvalue weighted by Gasteiger charge is 2.64. The van der Waals surface area contributed by atoms with Gasteiger partial charge in [-0.2, -0.15) is 13.2 Å². The quantitative estimate of drug-likeness (QED) is 0.851. The maximum Gasteiger partial charge on any atom is 0.398 e. The zero-order chi connectivity index (χ0) is 13.5. The van der Waals surface area contributed by atoms with Gasteiger partial charge in [0.1, 0.15) is 0 Å². The molecule has 1 saturated heterocycles. The third-order valence-corrected chi connectivity index (χ3v) is 4.67. The van der Waals surface area contributed by atoms with Gasteiger partial charge in [-0.05, 0) is 29.9 Å². The van der Waals surface area contributed by atoms with Gasteiger partial charge < -0.3 is 5.32 Å². The van der Waals surface area contributed by atoms with Crippen molar-refractivity contribution in [1.29, 1.82) is 0 Å². The molecule has 0 bridgehead atoms. The average Bonchev–Trinajstić information content (AvgIpc) is 3.21. The van der Waals surface area contributed by atoms with E-state index in [9.17, 15) is 13.2 Å². The molecule has 0 atom stereocenters. The van der Waals surface area contributed by atoms with Crippen molar-refractivity contribution in [2.45, 2.75) is 43.2 Å². The van der Waals surface area contributed by atoms with E-state index in [0.717, 1.165) is 25.9 Å². The molecule has 4 heteroatoms. The second kappa shape index (κ2) is 4.51. The van der Waals surface area contributed by atoms with Crippen LogP contribution >= 0.6 is 0 Å². The summed E-state index contributed by atoms with van der Waals surface area (Å²) < 4.78 is 39.1. The first kappa shape index (κ1) is 13.0. The van der Waals surface area contributed by atoms with E-state index in [-0.39, 0.29) is 12.8 Å². The summed E-state index contributed by atoms with van der Waals surface area (Å²) in [5.41, 5.74) is 0.118. The third kappa shape index (κ3) is 2.27. The Bertz CT molecular complexity index is 439. The number of quaternary nitrogens is 1. The maximum absolute atomic E-state index is 13.0. The number of hydrogen-bond donors (Lipinski definition) is 1. The molecular weight excluding hydrogens is 251 g/mol. The van der Waals surface area contributed by atoms with Crippen molar-refractivity contribution in [3.05, 3.63) is 35.4 Å². The van der Waals surface area contributed by atoms with Crippen LogP contribution in [0.15, 0.2) is 24.3 Å². The number of halogens is 3. The molecule has 0 aromatic heterocycles. The van der Waals surface area contributed by atoms with E-state index < -0.39 is 11.6 Å². The van der Waals surface area contributed by atoms with Crippen LogP contribution in [0.25, 0.3) is 0 Å². The Morgan fingerprint density at radius 3 is 2.05 bits per heavy atom. The molecule has 1 saturated carbocycles. The Labute approximate surface area is 111 Å². The van der Waals surface area contributed by atoms with Gasteiger partial charge in [0.05, 0.1) is 18.5 Å². The minimum atomic E-state index is -4.10. The lowest BCUT2D eigenvalue weighted by atomic mass is 9.87. The van der Waals surface area contributed by atoms with Crippen LogP contribution in [-0.4, -0.2) is 19.3 Å². The van der Waals surface area contributed by atoms with Gasteiger partial charge in [-0.15, -0.1) is 0 Å². The van der Waals surface area contributed by atoms with Gasteiger partial charge >= 0.3 is 6.18 Å². The predicted octanol–water partition coefficient (Wildman–Crippen LogP) is 2.72. The van der Waals surface area contributed by atoms with Crippen molar-refractivity contribution in [2.75, 3.05) is 13.1 Å². The van der Waals surface area contributed by atoms with Gasteiger partial charge in [-0.1, -0.05) is 24.3 Å². The lowest BCUT2D eigenvalue weighted by Crippen LogP contribution is -2.86. The third-order valence-electron chi connectivity index (χ3n) is 4.67. The molecule has 0 unspecified atom stereocenters. The van der Waals surface area contributed by atoms with E-state index in [0.29, 0.717) is 11.5 Å². The smallest absolute Gasteiger partial charge is 0.346 e. The lowest BCUT2D eigenvalue weighted by molar-refractivity contribution is -0.663. The first-order valence-corrected chi connectivity index (χ1v) is 7.02. The first-order chi connectivity index (χ1) is 9.03. The topological polar surface area (TPSA) is 16.6 Å². The van der Waals surface area contributed by atoms with Gasteiger partial charge in [-0.25, -0.2) is 0 Å². The van der Waals surface area contributed by atoms with E-state index in [1.807, 2.05) is 12.1 Å². The summed E-state index contributed by atoms with van der Waals surface area (Å²) in [6.07, 6.45) is -1.36. The van der Waals surface area contributed by atoms with Crippen molar-refractivity contribution in [3.8, 4) is 0 Å². The van der Waals surface area contributed by atoms with Crippen molar-refractivity contribution in [2.24, 2.45) is 0 Å². The Balaban J connectivity index is 1.79. The fourth-order valence-corrected chi connectivity index (χ4v) is 3.20. The summed E-state index contributed by atoms with van der Waals surface area (Å²) in [6, 6.07) is 7.23. The van der Waals surface area contributed by atoms with Gasteiger partial charge in [0.25, 0.3) is 0 Å². The molecule has 1 aromatic carbocycles. The van der Waals surface area contributed by atoms with Crippen LogP contribution in [0, 0.1) is 0 Å². The summed E-state index contributed by atoms with van der Waals surface area (Å²) in [6.45, 7) is 2.25. The van der Waals surface area contributed by atoms with Crippen LogP contribution in [0.5, 0.6) is 0 Å². The molecule has 2 aliphatic rings. The number of rotatable bonds is 2. The number of nitrogens with two attached hydrogens (primary N) is 1. The minimum absolute atomic E-state index is 0.244. The van der Waals surface area contributed by atoms with Crippen molar-refractivity contribution < 1.29 is 18.5 Å². The molecular formula is C15H19F3N+. The lowest BCUT2D eigenvalue weighted by Gasteiger charge is -2.23. The Hall–Kier alpha value is -1.03. The summed E-state index contributed by atoms with van der Waals surface area (Å²) in [5.74, 6) is 0.528. The highest BCUT2D eigenvalue weighted by molar-refractivity contribution is 5.36. The van der Waals surface area contributed by atoms with E-state index in [2.05, 4.69) is 5.32 Å². The fourth-order valence-electron chi connectivity index (χ4n) is 3.20. The minimum Gasteiger partial charge on any atom is -0.346 e. The van der Waals surface area contributed by atoms with Gasteiger partial charge in [0.2, 0.25) is 0 Å². The number of hydrogen-bond acceptors (Lipinski definition) is 0. The van der Waals surface area contributed by atoms with Crippen molar-refractivity contribution in [3.63, 3.8) is 0 Å². The largest absolute Gasteiger partial charge is 0.398 e. The molecule has 1 nitrogen and oxygen atoms in total. The zero-order valence-electron chi connectivity index (χ0n) is 10.8. The molecule has 2 N–H and O–H groups in total. The molecule has 1 aromatic rings. The summed E-state index contributed by atoms with van der Waals surface area (Å²) in [7, 11) is 0. The zero-order valence-corrected chi connectivity index (χ0v) is 10.8. The Morgan fingerprint density at radius 2 is 1.58 bits per heavy atom. The van der Waals surface area contributed by atoms with E-state index in [1.54, 1.807) is 12.1 Å². The van der Waals surface area contributed by atoms with E-state index in [4.69, 9.17) is 0 Å². The van der Waals surface area contributed by atoms with Gasteiger partial charge in [0, 0.05) is 12.8 Å². The molecule has 1 aliphatic heterocycles. The predicted molar refractivity (Wildman–Crippen MR) is 67.0 cm³/mol. The molecule has 104 valence electrons. The maximum atomic E-state index is 13.0. The van der Waals surface area contributed by atoms with Crippen LogP contribution in [0.3, 0.4) is 0 Å². The Kier molecular flexibility index (Phi) is 3.08. The summed E-state index contributed by atoms with van der Waals surface area (Å²) in [5, 5.41) is 2.30. The molecule has 0 amide bonds. The summed E-state index contributed by atoms with van der Waals surface area (Å²) in [4.78, 5) is 0. The number of alkyl halides is 3. The molecule has 19 heavy (non-hydrogen) atoms. The summed E-state index contributed by atoms with van der Waals surface area (Å²) >= 11 is 0. The van der Waals surface area contributed by atoms with Crippen molar-refractivity contribution >= 4 is 0 Å². The van der Waals surface area contributed by atoms with Crippen LogP contribution in [-0.2, 0) is 5.41 Å². The standard InChI is InChI=1S/C15H18F3N/c16-15(17,18)14(7-8-14)13-3-1-11(2-4-13)12-5-9-19-10-6-12/h1-4,12,19H,5-10H2/p+1. The van der Waals surface area contributed by atoms with Crippen molar-refractivity contribution in [1.82, 2.24) is 0 Å². The SMILES string of the molecule is FC(F)(F)C1(c2ccc(C3CC[NH2+]CC3)cc2)CC1. The van der Waals surface area contributed by atoms with Crippen LogP contribution in [0.2, 0.25) is 0 Å².